The van der Waals surface area contributed by atoms with Crippen LogP contribution < -0.4 is 0 Å². The van der Waals surface area contributed by atoms with Crippen molar-refractivity contribution < 1.29 is 9.90 Å². The van der Waals surface area contributed by atoms with Gasteiger partial charge in [0, 0.05) is 19.0 Å². The molecule has 0 aliphatic carbocycles. The molecule has 3 nitrogen and oxygen atoms in total. The molecule has 0 fully saturated rings. The largest absolute Gasteiger partial charge is 0.481 e. The van der Waals surface area contributed by atoms with Gasteiger partial charge >= 0.3 is 5.97 Å². The van der Waals surface area contributed by atoms with E-state index in [0.717, 1.165) is 13.1 Å². The van der Waals surface area contributed by atoms with Crippen molar-refractivity contribution >= 4 is 5.97 Å². The molecule has 1 unspecified atom stereocenters. The Hall–Kier alpha value is -1.35. The minimum atomic E-state index is -0.716. The number of hydrogen-bond donors (Lipinski definition) is 1. The molecule has 1 aliphatic heterocycles. The number of aliphatic carboxylic acids is 1. The molecule has 0 spiro atoms. The first kappa shape index (κ1) is 11.1. The maximum Gasteiger partial charge on any atom is 0.304 e. The van der Waals surface area contributed by atoms with Gasteiger partial charge in [-0.2, -0.15) is 0 Å². The summed E-state index contributed by atoms with van der Waals surface area (Å²) in [5, 5.41) is 8.91. The van der Waals surface area contributed by atoms with Crippen LogP contribution in [0.25, 0.3) is 0 Å². The number of carboxylic acid groups (broad SMARTS) is 1. The van der Waals surface area contributed by atoms with Crippen molar-refractivity contribution in [1.29, 1.82) is 0 Å². The Morgan fingerprint density at radius 2 is 2.31 bits per heavy atom. The smallest absolute Gasteiger partial charge is 0.304 e. The molecule has 2 rings (SSSR count). The third-order valence-corrected chi connectivity index (χ3v) is 3.13. The van der Waals surface area contributed by atoms with Gasteiger partial charge in [0.25, 0.3) is 0 Å². The average molecular weight is 219 g/mol. The summed E-state index contributed by atoms with van der Waals surface area (Å²) < 4.78 is 0. The Kier molecular flexibility index (Phi) is 2.97. The highest BCUT2D eigenvalue weighted by molar-refractivity contribution is 5.68. The summed E-state index contributed by atoms with van der Waals surface area (Å²) in [4.78, 5) is 13.0. The van der Waals surface area contributed by atoms with E-state index in [1.54, 1.807) is 0 Å². The molecule has 3 heteroatoms. The zero-order valence-electron chi connectivity index (χ0n) is 9.73. The van der Waals surface area contributed by atoms with E-state index in [1.807, 2.05) is 7.05 Å². The van der Waals surface area contributed by atoms with Crippen molar-refractivity contribution in [2.75, 3.05) is 13.6 Å². The van der Waals surface area contributed by atoms with E-state index in [9.17, 15) is 4.79 Å². The Balaban J connectivity index is 2.34. The minimum Gasteiger partial charge on any atom is -0.481 e. The molecule has 86 valence electrons. The number of nitrogens with zero attached hydrogens (tertiary/aromatic N) is 1. The molecule has 0 aromatic heterocycles. The fraction of sp³-hybridized carbons (Fsp3) is 0.462. The second-order valence-electron chi connectivity index (χ2n) is 4.69. The van der Waals surface area contributed by atoms with Gasteiger partial charge in [0.1, 0.15) is 0 Å². The minimum absolute atomic E-state index is 0.131. The van der Waals surface area contributed by atoms with E-state index < -0.39 is 5.97 Å². The van der Waals surface area contributed by atoms with Crippen molar-refractivity contribution in [3.8, 4) is 0 Å². The van der Waals surface area contributed by atoms with Gasteiger partial charge in [0.2, 0.25) is 0 Å². The van der Waals surface area contributed by atoms with Crippen molar-refractivity contribution in [1.82, 2.24) is 4.90 Å². The van der Waals surface area contributed by atoms with Crippen LogP contribution in [0.5, 0.6) is 0 Å². The summed E-state index contributed by atoms with van der Waals surface area (Å²) in [6.07, 6.45) is 0.223. The predicted molar refractivity (Wildman–Crippen MR) is 62.5 cm³/mol. The quantitative estimate of drug-likeness (QED) is 0.827. The Labute approximate surface area is 95.7 Å². The van der Waals surface area contributed by atoms with Crippen LogP contribution in [-0.2, 0) is 11.3 Å². The number of likely N-dealkylation sites (N-methyl/N-ethyl adjacent to an activating group) is 1. The second-order valence-corrected chi connectivity index (χ2v) is 4.69. The molecule has 1 aliphatic rings. The number of carboxylic acids is 1. The van der Waals surface area contributed by atoms with Gasteiger partial charge in [0.05, 0.1) is 6.42 Å². The summed E-state index contributed by atoms with van der Waals surface area (Å²) >= 11 is 0. The highest BCUT2D eigenvalue weighted by Gasteiger charge is 2.24. The standard InChI is InChI=1S/C13H17NO2/c1-9-3-4-12-10(5-9)7-14(2)8-11(12)6-13(15)16/h3-5,11H,6-8H2,1-2H3,(H,15,16). The first-order valence-electron chi connectivity index (χ1n) is 5.56. The lowest BCUT2D eigenvalue weighted by molar-refractivity contribution is -0.137. The molecule has 0 saturated carbocycles. The van der Waals surface area contributed by atoms with Gasteiger partial charge in [0.15, 0.2) is 0 Å². The zero-order chi connectivity index (χ0) is 11.7. The van der Waals surface area contributed by atoms with Crippen LogP contribution in [-0.4, -0.2) is 29.6 Å². The van der Waals surface area contributed by atoms with E-state index in [-0.39, 0.29) is 12.3 Å². The molecular weight excluding hydrogens is 202 g/mol. The molecule has 1 aromatic rings. The van der Waals surface area contributed by atoms with Crippen LogP contribution in [0, 0.1) is 6.92 Å². The Morgan fingerprint density at radius 1 is 1.56 bits per heavy atom. The number of carbonyl (C=O) groups is 1. The van der Waals surface area contributed by atoms with Gasteiger partial charge in [-0.1, -0.05) is 23.8 Å². The van der Waals surface area contributed by atoms with Gasteiger partial charge in [-0.05, 0) is 25.1 Å². The summed E-state index contributed by atoms with van der Waals surface area (Å²) in [6.45, 7) is 3.83. The SMILES string of the molecule is Cc1ccc2c(c1)CN(C)CC2CC(=O)O. The molecule has 1 atom stereocenters. The first-order chi connectivity index (χ1) is 7.56. The lowest BCUT2D eigenvalue weighted by atomic mass is 9.87. The Bertz CT molecular complexity index is 414. The van der Waals surface area contributed by atoms with Gasteiger partial charge in [-0.15, -0.1) is 0 Å². The predicted octanol–water partition coefficient (Wildman–Crippen LogP) is 2.00. The summed E-state index contributed by atoms with van der Waals surface area (Å²) in [5.74, 6) is -0.585. The highest BCUT2D eigenvalue weighted by atomic mass is 16.4. The maximum atomic E-state index is 10.8. The lowest BCUT2D eigenvalue weighted by Crippen LogP contribution is -2.31. The van der Waals surface area contributed by atoms with Crippen molar-refractivity contribution in [2.45, 2.75) is 25.8 Å². The molecular formula is C13H17NO2. The van der Waals surface area contributed by atoms with E-state index in [2.05, 4.69) is 30.0 Å². The topological polar surface area (TPSA) is 40.5 Å². The third-order valence-electron chi connectivity index (χ3n) is 3.13. The van der Waals surface area contributed by atoms with E-state index in [4.69, 9.17) is 5.11 Å². The zero-order valence-corrected chi connectivity index (χ0v) is 9.73. The van der Waals surface area contributed by atoms with Crippen molar-refractivity contribution in [3.05, 3.63) is 34.9 Å². The molecule has 0 saturated heterocycles. The van der Waals surface area contributed by atoms with Crippen LogP contribution in [0.2, 0.25) is 0 Å². The van der Waals surface area contributed by atoms with Gasteiger partial charge < -0.3 is 10.0 Å². The van der Waals surface area contributed by atoms with E-state index in [1.165, 1.54) is 16.7 Å². The molecule has 1 N–H and O–H groups in total. The van der Waals surface area contributed by atoms with Crippen LogP contribution in [0.3, 0.4) is 0 Å². The summed E-state index contributed by atoms with van der Waals surface area (Å²) in [7, 11) is 2.04. The molecule has 0 bridgehead atoms. The van der Waals surface area contributed by atoms with Crippen molar-refractivity contribution in [3.63, 3.8) is 0 Å². The number of rotatable bonds is 2. The fourth-order valence-corrected chi connectivity index (χ4v) is 2.48. The number of benzene rings is 1. The van der Waals surface area contributed by atoms with E-state index >= 15 is 0 Å². The van der Waals surface area contributed by atoms with E-state index in [0.29, 0.717) is 0 Å². The summed E-state index contributed by atoms with van der Waals surface area (Å²) in [5.41, 5.74) is 3.73. The first-order valence-corrected chi connectivity index (χ1v) is 5.56. The summed E-state index contributed by atoms with van der Waals surface area (Å²) in [6, 6.07) is 6.32. The van der Waals surface area contributed by atoms with Crippen LogP contribution in [0.15, 0.2) is 18.2 Å². The molecule has 0 radical (unpaired) electrons. The highest BCUT2D eigenvalue weighted by Crippen LogP contribution is 2.30. The van der Waals surface area contributed by atoms with Crippen LogP contribution in [0.4, 0.5) is 0 Å². The monoisotopic (exact) mass is 219 g/mol. The average Bonchev–Trinajstić information content (AvgIpc) is 2.15. The second kappa shape index (κ2) is 4.26. The normalized spacial score (nSPS) is 20.5. The Morgan fingerprint density at radius 3 is 3.00 bits per heavy atom. The lowest BCUT2D eigenvalue weighted by Gasteiger charge is -2.31. The van der Waals surface area contributed by atoms with Crippen LogP contribution >= 0.6 is 0 Å². The number of aryl methyl sites for hydroxylation is 1. The molecule has 0 amide bonds. The van der Waals surface area contributed by atoms with Gasteiger partial charge in [-0.25, -0.2) is 0 Å². The van der Waals surface area contributed by atoms with Gasteiger partial charge in [-0.3, -0.25) is 4.79 Å². The molecule has 1 aromatic carbocycles. The molecule has 1 heterocycles. The number of fused-ring (bicyclic) bond motifs is 1. The van der Waals surface area contributed by atoms with Crippen LogP contribution in [0.1, 0.15) is 29.0 Å². The molecule has 16 heavy (non-hydrogen) atoms. The number of hydrogen-bond acceptors (Lipinski definition) is 2. The third kappa shape index (κ3) is 2.25. The maximum absolute atomic E-state index is 10.8. The fourth-order valence-electron chi connectivity index (χ4n) is 2.48. The van der Waals surface area contributed by atoms with Crippen molar-refractivity contribution in [2.24, 2.45) is 0 Å².